The van der Waals surface area contributed by atoms with E-state index in [-0.39, 0.29) is 17.6 Å². The molecule has 1 atom stereocenters. The molecule has 2 aliphatic heterocycles. The lowest BCUT2D eigenvalue weighted by molar-refractivity contribution is -0.114. The van der Waals surface area contributed by atoms with Crippen LogP contribution in [0, 0.1) is 0 Å². The molecule has 8 heteroatoms. The number of nitrogens with zero attached hydrogens (tertiary/aromatic N) is 4. The molecule has 0 spiro atoms. The van der Waals surface area contributed by atoms with Crippen LogP contribution in [-0.4, -0.2) is 61.7 Å². The van der Waals surface area contributed by atoms with Crippen molar-refractivity contribution in [2.45, 2.75) is 43.9 Å². The number of aromatic nitrogens is 4. The standard InChI is InChI=1S/C22H27N5O3/c1-15(26-13-22(29,14-26)11-16-5-3-2-4-6-16)19-24-20-18(21(28)25-19)12-23-27(20)17-7-9-30-10-8-17/h2-6,12,15,17,29H,7-11,13-14H2,1H3,(H,24,25,28)/t15-/m1/s1. The van der Waals surface area contributed by atoms with Gasteiger partial charge in [-0.05, 0) is 25.3 Å². The van der Waals surface area contributed by atoms with E-state index < -0.39 is 5.60 Å². The minimum Gasteiger partial charge on any atom is -0.387 e. The van der Waals surface area contributed by atoms with Crippen molar-refractivity contribution in [3.8, 4) is 0 Å². The number of ether oxygens (including phenoxy) is 1. The Morgan fingerprint density at radius 3 is 2.73 bits per heavy atom. The number of rotatable bonds is 5. The van der Waals surface area contributed by atoms with Gasteiger partial charge in [-0.15, -0.1) is 0 Å². The molecule has 0 unspecified atom stereocenters. The third kappa shape index (κ3) is 3.55. The minimum absolute atomic E-state index is 0.101. The van der Waals surface area contributed by atoms with Crippen molar-refractivity contribution in [2.24, 2.45) is 0 Å². The molecule has 0 saturated carbocycles. The van der Waals surface area contributed by atoms with Crippen molar-refractivity contribution >= 4 is 11.0 Å². The first-order chi connectivity index (χ1) is 14.5. The summed E-state index contributed by atoms with van der Waals surface area (Å²) in [6.45, 7) is 4.51. The zero-order chi connectivity index (χ0) is 20.7. The van der Waals surface area contributed by atoms with Crippen LogP contribution < -0.4 is 5.56 Å². The van der Waals surface area contributed by atoms with Crippen molar-refractivity contribution < 1.29 is 9.84 Å². The van der Waals surface area contributed by atoms with Crippen LogP contribution in [0.1, 0.15) is 43.2 Å². The number of fused-ring (bicyclic) bond motifs is 1. The first kappa shape index (κ1) is 19.4. The molecule has 0 amide bonds. The fourth-order valence-electron chi connectivity index (χ4n) is 4.59. The number of likely N-dealkylation sites (tertiary alicyclic amines) is 1. The second-order valence-electron chi connectivity index (χ2n) is 8.59. The summed E-state index contributed by atoms with van der Waals surface area (Å²) in [7, 11) is 0. The quantitative estimate of drug-likeness (QED) is 0.667. The van der Waals surface area contributed by atoms with E-state index in [4.69, 9.17) is 9.72 Å². The summed E-state index contributed by atoms with van der Waals surface area (Å²) in [4.78, 5) is 22.5. The third-order valence-electron chi connectivity index (χ3n) is 6.33. The molecule has 2 N–H and O–H groups in total. The molecule has 2 aromatic heterocycles. The summed E-state index contributed by atoms with van der Waals surface area (Å²) < 4.78 is 7.33. The Hall–Kier alpha value is -2.55. The van der Waals surface area contributed by atoms with E-state index in [2.05, 4.69) is 15.0 Å². The Balaban J connectivity index is 1.35. The monoisotopic (exact) mass is 409 g/mol. The van der Waals surface area contributed by atoms with E-state index in [0.717, 1.165) is 18.4 Å². The van der Waals surface area contributed by atoms with Gasteiger partial charge in [0.2, 0.25) is 0 Å². The molecule has 2 saturated heterocycles. The van der Waals surface area contributed by atoms with Crippen LogP contribution in [0.3, 0.4) is 0 Å². The molecule has 4 heterocycles. The molecule has 0 aliphatic carbocycles. The number of hydrogen-bond acceptors (Lipinski definition) is 6. The Labute approximate surface area is 174 Å². The smallest absolute Gasteiger partial charge is 0.262 e. The van der Waals surface area contributed by atoms with Gasteiger partial charge in [-0.1, -0.05) is 30.3 Å². The fraction of sp³-hybridized carbons (Fsp3) is 0.500. The number of β-amino-alcohol motifs (C(OH)–C–C–N with tert-alkyl or cyclic N) is 1. The maximum atomic E-state index is 12.7. The molecule has 0 bridgehead atoms. The van der Waals surface area contributed by atoms with Crippen molar-refractivity contribution in [2.75, 3.05) is 26.3 Å². The second-order valence-corrected chi connectivity index (χ2v) is 8.59. The van der Waals surface area contributed by atoms with Gasteiger partial charge in [0.15, 0.2) is 5.65 Å². The normalized spacial score (nSPS) is 20.9. The summed E-state index contributed by atoms with van der Waals surface area (Å²) in [6, 6.07) is 10.1. The lowest BCUT2D eigenvalue weighted by Gasteiger charge is -2.49. The number of aliphatic hydroxyl groups is 1. The molecule has 158 valence electrons. The lowest BCUT2D eigenvalue weighted by Crippen LogP contribution is -2.63. The Kier molecular flexibility index (Phi) is 4.92. The zero-order valence-corrected chi connectivity index (χ0v) is 17.1. The van der Waals surface area contributed by atoms with E-state index in [1.807, 2.05) is 41.9 Å². The van der Waals surface area contributed by atoms with Crippen LogP contribution in [0.25, 0.3) is 11.0 Å². The molecule has 8 nitrogen and oxygen atoms in total. The Bertz CT molecular complexity index is 1080. The summed E-state index contributed by atoms with van der Waals surface area (Å²) in [5.74, 6) is 0.614. The van der Waals surface area contributed by atoms with Crippen LogP contribution in [0.2, 0.25) is 0 Å². The first-order valence-corrected chi connectivity index (χ1v) is 10.6. The molecule has 3 aromatic rings. The third-order valence-corrected chi connectivity index (χ3v) is 6.33. The molecule has 5 rings (SSSR count). The van der Waals surface area contributed by atoms with Crippen LogP contribution in [0.4, 0.5) is 0 Å². The average molecular weight is 409 g/mol. The van der Waals surface area contributed by atoms with Crippen molar-refractivity contribution in [1.29, 1.82) is 0 Å². The SMILES string of the molecule is C[C@H](c1nc2c(cnn2C2CCOCC2)c(=O)[nH]1)N1CC(O)(Cc2ccccc2)C1. The second kappa shape index (κ2) is 7.61. The van der Waals surface area contributed by atoms with E-state index in [9.17, 15) is 9.90 Å². The maximum absolute atomic E-state index is 12.7. The Morgan fingerprint density at radius 1 is 1.27 bits per heavy atom. The highest BCUT2D eigenvalue weighted by Crippen LogP contribution is 2.32. The van der Waals surface area contributed by atoms with Crippen LogP contribution >= 0.6 is 0 Å². The highest BCUT2D eigenvalue weighted by atomic mass is 16.5. The van der Waals surface area contributed by atoms with E-state index >= 15 is 0 Å². The van der Waals surface area contributed by atoms with Gasteiger partial charge in [-0.3, -0.25) is 9.69 Å². The predicted octanol–water partition coefficient (Wildman–Crippen LogP) is 1.82. The van der Waals surface area contributed by atoms with E-state index in [1.54, 1.807) is 6.20 Å². The highest BCUT2D eigenvalue weighted by molar-refractivity contribution is 5.73. The van der Waals surface area contributed by atoms with Gasteiger partial charge in [0.05, 0.1) is 23.9 Å². The van der Waals surface area contributed by atoms with Gasteiger partial charge in [-0.25, -0.2) is 9.67 Å². The summed E-state index contributed by atoms with van der Waals surface area (Å²) in [6.07, 6.45) is 3.97. The topological polar surface area (TPSA) is 96.3 Å². The fourth-order valence-corrected chi connectivity index (χ4v) is 4.59. The first-order valence-electron chi connectivity index (χ1n) is 10.6. The summed E-state index contributed by atoms with van der Waals surface area (Å²) in [5.41, 5.74) is 0.845. The van der Waals surface area contributed by atoms with Gasteiger partial charge in [0.1, 0.15) is 11.2 Å². The van der Waals surface area contributed by atoms with E-state index in [1.165, 1.54) is 0 Å². The number of aromatic amines is 1. The number of benzene rings is 1. The van der Waals surface area contributed by atoms with Crippen molar-refractivity contribution in [3.63, 3.8) is 0 Å². The molecule has 2 fully saturated rings. The highest BCUT2D eigenvalue weighted by Gasteiger charge is 2.43. The average Bonchev–Trinajstić information content (AvgIpc) is 3.17. The molecule has 1 aromatic carbocycles. The van der Waals surface area contributed by atoms with Gasteiger partial charge < -0.3 is 14.8 Å². The molecule has 2 aliphatic rings. The number of nitrogens with one attached hydrogen (secondary N) is 1. The summed E-state index contributed by atoms with van der Waals surface area (Å²) in [5, 5.41) is 15.8. The van der Waals surface area contributed by atoms with Gasteiger partial charge in [0.25, 0.3) is 5.56 Å². The molecular formula is C22H27N5O3. The zero-order valence-electron chi connectivity index (χ0n) is 17.1. The number of H-pyrrole nitrogens is 1. The van der Waals surface area contributed by atoms with Crippen LogP contribution in [0.15, 0.2) is 41.3 Å². The predicted molar refractivity (Wildman–Crippen MR) is 112 cm³/mol. The van der Waals surface area contributed by atoms with Crippen LogP contribution in [0.5, 0.6) is 0 Å². The van der Waals surface area contributed by atoms with Crippen molar-refractivity contribution in [3.05, 3.63) is 58.3 Å². The lowest BCUT2D eigenvalue weighted by atomic mass is 9.86. The van der Waals surface area contributed by atoms with Crippen molar-refractivity contribution in [1.82, 2.24) is 24.6 Å². The van der Waals surface area contributed by atoms with Gasteiger partial charge in [0, 0.05) is 32.7 Å². The van der Waals surface area contributed by atoms with Gasteiger partial charge >= 0.3 is 0 Å². The largest absolute Gasteiger partial charge is 0.387 e. The van der Waals surface area contributed by atoms with Crippen LogP contribution in [-0.2, 0) is 11.2 Å². The maximum Gasteiger partial charge on any atom is 0.262 e. The minimum atomic E-state index is -0.746. The van der Waals surface area contributed by atoms with Gasteiger partial charge in [-0.2, -0.15) is 5.10 Å². The van der Waals surface area contributed by atoms with E-state index in [0.29, 0.717) is 49.6 Å². The number of hydrogen-bond donors (Lipinski definition) is 2. The summed E-state index contributed by atoms with van der Waals surface area (Å²) >= 11 is 0. The Morgan fingerprint density at radius 2 is 2.00 bits per heavy atom. The molecular weight excluding hydrogens is 382 g/mol. The molecule has 0 radical (unpaired) electrons. The molecule has 30 heavy (non-hydrogen) atoms.